The summed E-state index contributed by atoms with van der Waals surface area (Å²) < 4.78 is 5.66. The van der Waals surface area contributed by atoms with Gasteiger partial charge in [0.25, 0.3) is 5.91 Å². The zero-order chi connectivity index (χ0) is 11.5. The third-order valence-corrected chi connectivity index (χ3v) is 3.78. The van der Waals surface area contributed by atoms with E-state index in [1.807, 2.05) is 4.90 Å². The van der Waals surface area contributed by atoms with E-state index in [1.165, 1.54) is 0 Å². The van der Waals surface area contributed by atoms with Crippen molar-refractivity contribution in [3.05, 3.63) is 0 Å². The largest absolute Gasteiger partial charge is 0.364 e. The molecule has 92 valence electrons. The zero-order valence-electron chi connectivity index (χ0n) is 10.0. The average Bonchev–Trinajstić information content (AvgIpc) is 2.96. The molecule has 0 aromatic heterocycles. The van der Waals surface area contributed by atoms with Crippen molar-refractivity contribution in [3.63, 3.8) is 0 Å². The van der Waals surface area contributed by atoms with E-state index in [0.717, 1.165) is 38.6 Å². The predicted molar refractivity (Wildman–Crippen MR) is 62.0 cm³/mol. The summed E-state index contributed by atoms with van der Waals surface area (Å²) in [5.74, 6) is 0.195. The van der Waals surface area contributed by atoms with Crippen molar-refractivity contribution in [1.82, 2.24) is 4.90 Å². The molecular formula is C12H22N2O2. The Hall–Kier alpha value is -0.610. The molecule has 0 aliphatic carbocycles. The molecule has 4 heteroatoms. The second-order valence-electron chi connectivity index (χ2n) is 4.80. The third kappa shape index (κ3) is 2.23. The Morgan fingerprint density at radius 1 is 1.44 bits per heavy atom. The molecule has 2 rings (SSSR count). The number of hydrogen-bond acceptors (Lipinski definition) is 3. The molecule has 0 aromatic carbocycles. The van der Waals surface area contributed by atoms with Crippen molar-refractivity contribution < 1.29 is 9.53 Å². The zero-order valence-corrected chi connectivity index (χ0v) is 10.0. The van der Waals surface area contributed by atoms with E-state index in [-0.39, 0.29) is 18.1 Å². The van der Waals surface area contributed by atoms with Crippen LogP contribution in [0.3, 0.4) is 0 Å². The Labute approximate surface area is 97.1 Å². The quantitative estimate of drug-likeness (QED) is 0.777. The van der Waals surface area contributed by atoms with Crippen molar-refractivity contribution in [1.29, 1.82) is 0 Å². The molecule has 0 aromatic rings. The summed E-state index contributed by atoms with van der Waals surface area (Å²) in [6, 6.07) is 0.438. The number of likely N-dealkylation sites (tertiary alicyclic amines) is 1. The molecule has 1 amide bonds. The van der Waals surface area contributed by atoms with Crippen LogP contribution in [0.25, 0.3) is 0 Å². The molecule has 2 saturated heterocycles. The fraction of sp³-hybridized carbons (Fsp3) is 0.917. The predicted octanol–water partition coefficient (Wildman–Crippen LogP) is 0.894. The molecule has 0 radical (unpaired) electrons. The molecule has 3 atom stereocenters. The number of nitrogens with two attached hydrogens (primary N) is 1. The van der Waals surface area contributed by atoms with Crippen LogP contribution < -0.4 is 5.73 Å². The van der Waals surface area contributed by atoms with Gasteiger partial charge in [-0.1, -0.05) is 6.92 Å². The van der Waals surface area contributed by atoms with E-state index in [1.54, 1.807) is 0 Å². The molecule has 2 aliphatic rings. The van der Waals surface area contributed by atoms with Crippen LogP contribution in [0.5, 0.6) is 0 Å². The molecule has 2 aliphatic heterocycles. The SMILES string of the molecule is CCC1CCCN1C(=O)C1CCC(CN)O1. The fourth-order valence-electron chi connectivity index (χ4n) is 2.80. The van der Waals surface area contributed by atoms with Crippen molar-refractivity contribution in [2.45, 2.75) is 57.3 Å². The smallest absolute Gasteiger partial charge is 0.251 e. The van der Waals surface area contributed by atoms with Crippen LogP contribution in [0, 0.1) is 0 Å². The molecule has 0 saturated carbocycles. The highest BCUT2D eigenvalue weighted by Gasteiger charge is 2.36. The Morgan fingerprint density at radius 2 is 2.25 bits per heavy atom. The van der Waals surface area contributed by atoms with Gasteiger partial charge in [0.15, 0.2) is 0 Å². The molecule has 4 nitrogen and oxygen atoms in total. The van der Waals surface area contributed by atoms with Crippen LogP contribution in [0.2, 0.25) is 0 Å². The van der Waals surface area contributed by atoms with Crippen LogP contribution in [0.1, 0.15) is 39.0 Å². The molecule has 2 fully saturated rings. The normalized spacial score (nSPS) is 34.6. The van der Waals surface area contributed by atoms with Gasteiger partial charge in [-0.25, -0.2) is 0 Å². The number of carbonyl (C=O) groups excluding carboxylic acids is 1. The van der Waals surface area contributed by atoms with Gasteiger partial charge in [0.2, 0.25) is 0 Å². The lowest BCUT2D eigenvalue weighted by Crippen LogP contribution is -2.42. The lowest BCUT2D eigenvalue weighted by Gasteiger charge is -2.26. The fourth-order valence-corrected chi connectivity index (χ4v) is 2.80. The highest BCUT2D eigenvalue weighted by atomic mass is 16.5. The number of hydrogen-bond donors (Lipinski definition) is 1. The summed E-state index contributed by atoms with van der Waals surface area (Å²) in [7, 11) is 0. The topological polar surface area (TPSA) is 55.6 Å². The van der Waals surface area contributed by atoms with Gasteiger partial charge in [-0.05, 0) is 32.1 Å². The van der Waals surface area contributed by atoms with E-state index in [9.17, 15) is 4.79 Å². The van der Waals surface area contributed by atoms with E-state index >= 15 is 0 Å². The van der Waals surface area contributed by atoms with Gasteiger partial charge >= 0.3 is 0 Å². The molecule has 0 bridgehead atoms. The number of rotatable bonds is 3. The highest BCUT2D eigenvalue weighted by Crippen LogP contribution is 2.26. The maximum Gasteiger partial charge on any atom is 0.251 e. The Bertz CT molecular complexity index is 257. The van der Waals surface area contributed by atoms with Crippen molar-refractivity contribution in [3.8, 4) is 0 Å². The van der Waals surface area contributed by atoms with Gasteiger partial charge in [0, 0.05) is 19.1 Å². The van der Waals surface area contributed by atoms with Gasteiger partial charge in [-0.15, -0.1) is 0 Å². The average molecular weight is 226 g/mol. The summed E-state index contributed by atoms with van der Waals surface area (Å²) in [4.78, 5) is 14.3. The lowest BCUT2D eigenvalue weighted by molar-refractivity contribution is -0.143. The molecule has 2 heterocycles. The molecule has 16 heavy (non-hydrogen) atoms. The van der Waals surface area contributed by atoms with E-state index in [0.29, 0.717) is 12.6 Å². The summed E-state index contributed by atoms with van der Waals surface area (Å²) in [5, 5.41) is 0. The summed E-state index contributed by atoms with van der Waals surface area (Å²) in [6.45, 7) is 3.58. The van der Waals surface area contributed by atoms with E-state index in [2.05, 4.69) is 6.92 Å². The second kappa shape index (κ2) is 5.15. The summed E-state index contributed by atoms with van der Waals surface area (Å²) in [6.07, 6.45) is 4.98. The highest BCUT2D eigenvalue weighted by molar-refractivity contribution is 5.81. The minimum absolute atomic E-state index is 0.0941. The Morgan fingerprint density at radius 3 is 2.88 bits per heavy atom. The van der Waals surface area contributed by atoms with E-state index < -0.39 is 0 Å². The number of nitrogens with zero attached hydrogens (tertiary/aromatic N) is 1. The number of ether oxygens (including phenoxy) is 1. The van der Waals surface area contributed by atoms with Crippen LogP contribution >= 0.6 is 0 Å². The summed E-state index contributed by atoms with van der Waals surface area (Å²) >= 11 is 0. The number of amides is 1. The molecule has 2 N–H and O–H groups in total. The van der Waals surface area contributed by atoms with Gasteiger partial charge in [0.1, 0.15) is 6.10 Å². The molecule has 3 unspecified atom stereocenters. The van der Waals surface area contributed by atoms with E-state index in [4.69, 9.17) is 10.5 Å². The second-order valence-corrected chi connectivity index (χ2v) is 4.80. The third-order valence-electron chi connectivity index (χ3n) is 3.78. The molecule has 0 spiro atoms. The summed E-state index contributed by atoms with van der Waals surface area (Å²) in [5.41, 5.74) is 5.55. The van der Waals surface area contributed by atoms with Gasteiger partial charge in [0.05, 0.1) is 6.10 Å². The van der Waals surface area contributed by atoms with Crippen molar-refractivity contribution in [2.24, 2.45) is 5.73 Å². The van der Waals surface area contributed by atoms with Gasteiger partial charge in [-0.3, -0.25) is 4.79 Å². The first-order chi connectivity index (χ1) is 7.76. The first kappa shape index (κ1) is 11.9. The first-order valence-corrected chi connectivity index (χ1v) is 6.42. The van der Waals surface area contributed by atoms with Crippen LogP contribution in [0.4, 0.5) is 0 Å². The monoisotopic (exact) mass is 226 g/mol. The lowest BCUT2D eigenvalue weighted by atomic mass is 10.1. The minimum atomic E-state index is -0.222. The van der Waals surface area contributed by atoms with Gasteiger partial charge < -0.3 is 15.4 Å². The van der Waals surface area contributed by atoms with Crippen LogP contribution in [0.15, 0.2) is 0 Å². The van der Waals surface area contributed by atoms with Crippen LogP contribution in [-0.4, -0.2) is 42.1 Å². The standard InChI is InChI=1S/C12H22N2O2/c1-2-9-4-3-7-14(9)12(15)11-6-5-10(8-13)16-11/h9-11H,2-8,13H2,1H3. The maximum absolute atomic E-state index is 12.2. The minimum Gasteiger partial charge on any atom is -0.364 e. The van der Waals surface area contributed by atoms with Gasteiger partial charge in [-0.2, -0.15) is 0 Å². The van der Waals surface area contributed by atoms with Crippen LogP contribution in [-0.2, 0) is 9.53 Å². The maximum atomic E-state index is 12.2. The Balaban J connectivity index is 1.92. The molecular weight excluding hydrogens is 204 g/mol. The van der Waals surface area contributed by atoms with Crippen molar-refractivity contribution >= 4 is 5.91 Å². The number of carbonyl (C=O) groups is 1. The van der Waals surface area contributed by atoms with Crippen molar-refractivity contribution in [2.75, 3.05) is 13.1 Å². The Kier molecular flexibility index (Phi) is 3.82. The first-order valence-electron chi connectivity index (χ1n) is 6.42.